The first-order valence-corrected chi connectivity index (χ1v) is 16.3. The van der Waals surface area contributed by atoms with Crippen LogP contribution in [-0.4, -0.2) is 42.9 Å². The molecule has 0 saturated heterocycles. The zero-order valence-corrected chi connectivity index (χ0v) is 24.6. The molecule has 0 aromatic heterocycles. The largest absolute Gasteiger partial charge is 0.385 e. The Labute approximate surface area is 214 Å². The van der Waals surface area contributed by atoms with Gasteiger partial charge >= 0.3 is 7.60 Å². The quantitative estimate of drug-likeness (QED) is 0.0585. The summed E-state index contributed by atoms with van der Waals surface area (Å²) in [6.07, 6.45) is 30.3. The smallest absolute Gasteiger partial charge is 0.320 e. The van der Waals surface area contributed by atoms with Crippen molar-refractivity contribution in [1.29, 1.82) is 0 Å². The number of hydrogen-bond acceptors (Lipinski definition) is 2. The van der Waals surface area contributed by atoms with E-state index in [1.807, 2.05) is 28.1 Å². The van der Waals surface area contributed by atoms with Gasteiger partial charge in [0, 0.05) is 6.42 Å². The van der Waals surface area contributed by atoms with Crippen LogP contribution in [0, 0.1) is 0 Å². The highest BCUT2D eigenvalue weighted by molar-refractivity contribution is 7.53. The first kappa shape index (κ1) is 33.8. The zero-order chi connectivity index (χ0) is 25.5. The Hall–Kier alpha value is -0.150. The van der Waals surface area contributed by atoms with E-state index >= 15 is 0 Å². The van der Waals surface area contributed by atoms with Gasteiger partial charge in [0.1, 0.15) is 0 Å². The Kier molecular flexibility index (Phi) is 22.0. The molecule has 0 heterocycles. The summed E-state index contributed by atoms with van der Waals surface area (Å²) < 4.78 is 18.4. The van der Waals surface area contributed by atoms with Gasteiger partial charge in [0.15, 0.2) is 5.78 Å². The molecule has 0 radical (unpaired) electrons. The molecule has 0 aromatic rings. The second-order valence-electron chi connectivity index (χ2n) is 11.1. The molecule has 0 aliphatic carbocycles. The highest BCUT2D eigenvalue weighted by Crippen LogP contribution is 2.51. The molecule has 34 heavy (non-hydrogen) atoms. The van der Waals surface area contributed by atoms with E-state index in [0.29, 0.717) is 17.5 Å². The summed E-state index contributed by atoms with van der Waals surface area (Å²) in [5, 5.41) is 0. The summed E-state index contributed by atoms with van der Waals surface area (Å²) in [4.78, 5) is 10.3. The van der Waals surface area contributed by atoms with Crippen LogP contribution in [-0.2, 0) is 9.09 Å². The second-order valence-corrected chi connectivity index (χ2v) is 13.1. The monoisotopic (exact) mass is 502 g/mol. The SMILES string of the molecule is CCCCCCCC/C=C\CCCCCCCCCCCCCOP(=O)(O)C(CC)[N+](C)(C)C. The topological polar surface area (TPSA) is 46.5 Å². The van der Waals surface area contributed by atoms with Crippen molar-refractivity contribution >= 4 is 7.60 Å². The average molecular weight is 503 g/mol. The van der Waals surface area contributed by atoms with E-state index < -0.39 is 7.60 Å². The van der Waals surface area contributed by atoms with Gasteiger partial charge in [-0.25, -0.2) is 0 Å². The van der Waals surface area contributed by atoms with Crippen LogP contribution in [0.4, 0.5) is 0 Å². The van der Waals surface area contributed by atoms with Gasteiger partial charge in [0.05, 0.1) is 27.7 Å². The maximum absolute atomic E-state index is 12.5. The Morgan fingerprint density at radius 1 is 0.676 bits per heavy atom. The van der Waals surface area contributed by atoms with Crippen molar-refractivity contribution in [3.8, 4) is 0 Å². The average Bonchev–Trinajstić information content (AvgIpc) is 2.76. The first-order chi connectivity index (χ1) is 16.3. The van der Waals surface area contributed by atoms with Crippen LogP contribution >= 0.6 is 7.60 Å². The van der Waals surface area contributed by atoms with Crippen LogP contribution in [0.15, 0.2) is 12.2 Å². The Morgan fingerprint density at radius 3 is 1.44 bits per heavy atom. The third-order valence-corrected chi connectivity index (χ3v) is 9.18. The van der Waals surface area contributed by atoms with Crippen molar-refractivity contribution in [2.45, 2.75) is 148 Å². The Bertz CT molecular complexity index is 516. The molecule has 2 atom stereocenters. The lowest BCUT2D eigenvalue weighted by Crippen LogP contribution is -2.44. The molecule has 0 aliphatic rings. The molecule has 2 unspecified atom stereocenters. The molecule has 5 heteroatoms. The van der Waals surface area contributed by atoms with E-state index in [2.05, 4.69) is 19.1 Å². The standard InChI is InChI=1S/C29H60NO3P/c1-6-8-9-10-11-12-13-14-15-16-17-18-19-20-21-22-23-24-25-26-27-28-33-34(31,32)29(7-2)30(3,4)5/h14-15,29H,6-13,16-28H2,1-5H3/p+1/b15-14-. The third kappa shape index (κ3) is 20.1. The van der Waals surface area contributed by atoms with Crippen LogP contribution in [0.2, 0.25) is 0 Å². The molecule has 0 amide bonds. The molecule has 0 saturated carbocycles. The van der Waals surface area contributed by atoms with Crippen LogP contribution < -0.4 is 0 Å². The number of nitrogens with zero attached hydrogens (tertiary/aromatic N) is 1. The molecular formula is C29H61NO3P+. The summed E-state index contributed by atoms with van der Waals surface area (Å²) in [5.41, 5.74) is 0. The summed E-state index contributed by atoms with van der Waals surface area (Å²) >= 11 is 0. The van der Waals surface area contributed by atoms with Crippen molar-refractivity contribution < 1.29 is 18.5 Å². The van der Waals surface area contributed by atoms with E-state index in [-0.39, 0.29) is 5.78 Å². The molecule has 4 nitrogen and oxygen atoms in total. The Balaban J connectivity index is 3.40. The van der Waals surface area contributed by atoms with Crippen LogP contribution in [0.5, 0.6) is 0 Å². The normalized spacial score (nSPS) is 15.1. The van der Waals surface area contributed by atoms with E-state index in [9.17, 15) is 9.46 Å². The van der Waals surface area contributed by atoms with E-state index in [1.54, 1.807) is 0 Å². The molecule has 0 aliphatic heterocycles. The third-order valence-electron chi connectivity index (χ3n) is 6.82. The van der Waals surface area contributed by atoms with Gasteiger partial charge in [-0.15, -0.1) is 0 Å². The maximum Gasteiger partial charge on any atom is 0.385 e. The zero-order valence-electron chi connectivity index (χ0n) is 23.7. The molecule has 0 rings (SSSR count). The van der Waals surface area contributed by atoms with Gasteiger partial charge < -0.3 is 13.9 Å². The maximum atomic E-state index is 12.5. The van der Waals surface area contributed by atoms with Gasteiger partial charge in [-0.05, 0) is 32.1 Å². The highest BCUT2D eigenvalue weighted by Gasteiger charge is 2.41. The first-order valence-electron chi connectivity index (χ1n) is 14.7. The highest BCUT2D eigenvalue weighted by atomic mass is 31.2. The molecule has 0 spiro atoms. The predicted octanol–water partition coefficient (Wildman–Crippen LogP) is 9.62. The fourth-order valence-corrected chi connectivity index (χ4v) is 6.63. The summed E-state index contributed by atoms with van der Waals surface area (Å²) in [7, 11) is 2.31. The van der Waals surface area contributed by atoms with E-state index in [0.717, 1.165) is 12.8 Å². The van der Waals surface area contributed by atoms with Crippen molar-refractivity contribution in [2.24, 2.45) is 0 Å². The number of quaternary nitrogens is 1. The lowest BCUT2D eigenvalue weighted by molar-refractivity contribution is -0.883. The number of unbranched alkanes of at least 4 members (excludes halogenated alkanes) is 17. The molecule has 1 N–H and O–H groups in total. The molecule has 0 aromatic carbocycles. The minimum absolute atomic E-state index is 0.348. The number of rotatable bonds is 25. The molecule has 0 bridgehead atoms. The minimum atomic E-state index is -3.55. The van der Waals surface area contributed by atoms with Crippen LogP contribution in [0.25, 0.3) is 0 Å². The van der Waals surface area contributed by atoms with Gasteiger partial charge in [-0.3, -0.25) is 4.57 Å². The van der Waals surface area contributed by atoms with Gasteiger partial charge in [0.2, 0.25) is 0 Å². The summed E-state index contributed by atoms with van der Waals surface area (Å²) in [5.74, 6) is -0.348. The van der Waals surface area contributed by atoms with Crippen molar-refractivity contribution in [3.63, 3.8) is 0 Å². The fourth-order valence-electron chi connectivity index (χ4n) is 4.73. The fraction of sp³-hybridized carbons (Fsp3) is 0.931. The van der Waals surface area contributed by atoms with Crippen LogP contribution in [0.1, 0.15) is 142 Å². The van der Waals surface area contributed by atoms with Crippen LogP contribution in [0.3, 0.4) is 0 Å². The van der Waals surface area contributed by atoms with Gasteiger partial charge in [-0.1, -0.05) is 116 Å². The predicted molar refractivity (Wildman–Crippen MR) is 150 cm³/mol. The lowest BCUT2D eigenvalue weighted by atomic mass is 10.0. The van der Waals surface area contributed by atoms with Crippen molar-refractivity contribution in [2.75, 3.05) is 27.7 Å². The van der Waals surface area contributed by atoms with Crippen molar-refractivity contribution in [3.05, 3.63) is 12.2 Å². The summed E-state index contributed by atoms with van der Waals surface area (Å²) in [6, 6.07) is 0. The molecular weight excluding hydrogens is 441 g/mol. The second kappa shape index (κ2) is 22.1. The Morgan fingerprint density at radius 2 is 1.06 bits per heavy atom. The van der Waals surface area contributed by atoms with E-state index in [1.165, 1.54) is 109 Å². The lowest BCUT2D eigenvalue weighted by Gasteiger charge is -2.35. The van der Waals surface area contributed by atoms with Gasteiger partial charge in [-0.2, -0.15) is 0 Å². The minimum Gasteiger partial charge on any atom is -0.320 e. The number of hydrogen-bond donors (Lipinski definition) is 1. The van der Waals surface area contributed by atoms with Gasteiger partial charge in [0.25, 0.3) is 0 Å². The number of allylic oxidation sites excluding steroid dienone is 2. The van der Waals surface area contributed by atoms with Crippen molar-refractivity contribution in [1.82, 2.24) is 0 Å². The van der Waals surface area contributed by atoms with E-state index in [4.69, 9.17) is 4.52 Å². The molecule has 204 valence electrons. The molecule has 0 fully saturated rings. The summed E-state index contributed by atoms with van der Waals surface area (Å²) in [6.45, 7) is 4.63.